The first kappa shape index (κ1) is 15.1. The fraction of sp³-hybridized carbons (Fsp3) is 0.176. The Labute approximate surface area is 141 Å². The van der Waals surface area contributed by atoms with Crippen molar-refractivity contribution in [3.63, 3.8) is 0 Å². The first-order chi connectivity index (χ1) is 10.3. The molecule has 0 saturated carbocycles. The van der Waals surface area contributed by atoms with Gasteiger partial charge in [0.05, 0.1) is 0 Å². The Kier molecular flexibility index (Phi) is 5.36. The molecule has 0 saturated heterocycles. The molecule has 0 radical (unpaired) electrons. The fourth-order valence-corrected chi connectivity index (χ4v) is 4.43. The third-order valence-electron chi connectivity index (χ3n) is 3.19. The van der Waals surface area contributed by atoms with E-state index in [1.807, 2.05) is 11.8 Å². The van der Waals surface area contributed by atoms with Crippen molar-refractivity contribution in [1.29, 1.82) is 0 Å². The van der Waals surface area contributed by atoms with E-state index in [9.17, 15) is 0 Å². The minimum atomic E-state index is 0.953. The van der Waals surface area contributed by atoms with Gasteiger partial charge in [-0.3, -0.25) is 0 Å². The zero-order chi connectivity index (χ0) is 14.5. The molecular weight excluding hydrogens is 362 g/mol. The molecule has 1 N–H and O–H groups in total. The second-order valence-corrected chi connectivity index (χ2v) is 7.85. The summed E-state index contributed by atoms with van der Waals surface area (Å²) in [4.78, 5) is 2.71. The number of rotatable bonds is 6. The Morgan fingerprint density at radius 1 is 1.05 bits per heavy atom. The first-order valence-electron chi connectivity index (χ1n) is 6.86. The lowest BCUT2D eigenvalue weighted by Gasteiger charge is -2.05. The average molecular weight is 378 g/mol. The lowest BCUT2D eigenvalue weighted by Crippen LogP contribution is -2.15. The van der Waals surface area contributed by atoms with Crippen LogP contribution in [0.2, 0.25) is 0 Å². The minimum Gasteiger partial charge on any atom is -0.311 e. The van der Waals surface area contributed by atoms with Gasteiger partial charge in [-0.15, -0.1) is 23.1 Å². The van der Waals surface area contributed by atoms with Gasteiger partial charge in [0.25, 0.3) is 0 Å². The summed E-state index contributed by atoms with van der Waals surface area (Å²) in [6.45, 7) is 1.97. The second kappa shape index (κ2) is 7.45. The molecule has 0 spiro atoms. The smallest absolute Gasteiger partial charge is 0.0300 e. The van der Waals surface area contributed by atoms with E-state index in [0.717, 1.165) is 18.8 Å². The van der Waals surface area contributed by atoms with Crippen LogP contribution < -0.4 is 5.32 Å². The van der Waals surface area contributed by atoms with Crippen LogP contribution in [0.15, 0.2) is 63.3 Å². The van der Waals surface area contributed by atoms with Crippen LogP contribution in [-0.2, 0) is 6.54 Å². The molecule has 1 heterocycles. The quantitative estimate of drug-likeness (QED) is 0.446. The van der Waals surface area contributed by atoms with Crippen LogP contribution in [0.4, 0.5) is 0 Å². The first-order valence-corrected chi connectivity index (χ1v) is 9.52. The van der Waals surface area contributed by atoms with Gasteiger partial charge in [0.15, 0.2) is 0 Å². The van der Waals surface area contributed by atoms with Gasteiger partial charge in [-0.2, -0.15) is 0 Å². The highest BCUT2D eigenvalue weighted by Crippen LogP contribution is 2.23. The third kappa shape index (κ3) is 4.33. The molecular formula is C17H16BrNS2. The number of thioether (sulfide) groups is 1. The van der Waals surface area contributed by atoms with Crippen molar-refractivity contribution >= 4 is 49.8 Å². The molecule has 0 aliphatic carbocycles. The normalized spacial score (nSPS) is 11.1. The number of fused-ring (bicyclic) bond motifs is 1. The largest absolute Gasteiger partial charge is 0.311 e. The maximum atomic E-state index is 3.49. The highest BCUT2D eigenvalue weighted by molar-refractivity contribution is 9.10. The molecule has 1 aromatic heterocycles. The maximum absolute atomic E-state index is 3.49. The van der Waals surface area contributed by atoms with Gasteiger partial charge in [0, 0.05) is 38.5 Å². The van der Waals surface area contributed by atoms with Crippen LogP contribution in [0, 0.1) is 0 Å². The van der Waals surface area contributed by atoms with Gasteiger partial charge in [-0.25, -0.2) is 0 Å². The zero-order valence-electron chi connectivity index (χ0n) is 11.5. The minimum absolute atomic E-state index is 0.953. The maximum Gasteiger partial charge on any atom is 0.0300 e. The highest BCUT2D eigenvalue weighted by Gasteiger charge is 1.99. The van der Waals surface area contributed by atoms with E-state index in [1.165, 1.54) is 25.0 Å². The van der Waals surface area contributed by atoms with Crippen LogP contribution in [0.3, 0.4) is 0 Å². The molecule has 0 amide bonds. The summed E-state index contributed by atoms with van der Waals surface area (Å²) in [5, 5.41) is 8.24. The van der Waals surface area contributed by atoms with E-state index in [-0.39, 0.29) is 0 Å². The Balaban J connectivity index is 1.46. The van der Waals surface area contributed by atoms with E-state index >= 15 is 0 Å². The summed E-state index contributed by atoms with van der Waals surface area (Å²) >= 11 is 7.18. The van der Waals surface area contributed by atoms with Crippen LogP contribution >= 0.6 is 39.0 Å². The Morgan fingerprint density at radius 2 is 1.90 bits per heavy atom. The highest BCUT2D eigenvalue weighted by atomic mass is 79.9. The molecule has 0 fully saturated rings. The van der Waals surface area contributed by atoms with Crippen molar-refractivity contribution < 1.29 is 0 Å². The lowest BCUT2D eigenvalue weighted by atomic mass is 10.1. The van der Waals surface area contributed by atoms with E-state index in [2.05, 4.69) is 75.2 Å². The van der Waals surface area contributed by atoms with Gasteiger partial charge < -0.3 is 5.32 Å². The number of halogens is 1. The summed E-state index contributed by atoms with van der Waals surface area (Å²) in [6, 6.07) is 17.4. The summed E-state index contributed by atoms with van der Waals surface area (Å²) in [5.74, 6) is 1.09. The predicted molar refractivity (Wildman–Crippen MR) is 98.4 cm³/mol. The molecule has 0 aliphatic heterocycles. The van der Waals surface area contributed by atoms with E-state index in [1.54, 1.807) is 11.3 Å². The van der Waals surface area contributed by atoms with Gasteiger partial charge in [0.2, 0.25) is 0 Å². The monoisotopic (exact) mass is 377 g/mol. The standard InChI is InChI=1S/C17H16BrNS2/c18-15-10-17(21-12-15)11-19-7-8-20-16-6-5-13-3-1-2-4-14(13)9-16/h1-6,9-10,12,19H,7-8,11H2. The molecule has 0 aliphatic rings. The Bertz CT molecular complexity index is 723. The van der Waals surface area contributed by atoms with Crippen LogP contribution in [0.25, 0.3) is 10.8 Å². The molecule has 0 unspecified atom stereocenters. The summed E-state index contributed by atoms with van der Waals surface area (Å²) in [7, 11) is 0. The van der Waals surface area contributed by atoms with Crippen molar-refractivity contribution in [2.45, 2.75) is 11.4 Å². The van der Waals surface area contributed by atoms with Gasteiger partial charge in [-0.1, -0.05) is 30.3 Å². The molecule has 1 nitrogen and oxygen atoms in total. The third-order valence-corrected chi connectivity index (χ3v) is 5.88. The molecule has 4 heteroatoms. The van der Waals surface area contributed by atoms with Gasteiger partial charge >= 0.3 is 0 Å². The molecule has 2 aromatic carbocycles. The number of thiophene rings is 1. The molecule has 108 valence electrons. The van der Waals surface area contributed by atoms with E-state index in [0.29, 0.717) is 0 Å². The molecule has 3 aromatic rings. The van der Waals surface area contributed by atoms with Crippen molar-refractivity contribution in [3.8, 4) is 0 Å². The molecule has 3 rings (SSSR count). The predicted octanol–water partition coefficient (Wildman–Crippen LogP) is 5.55. The van der Waals surface area contributed by atoms with Crippen molar-refractivity contribution in [3.05, 3.63) is 63.3 Å². The molecule has 0 bridgehead atoms. The molecule has 21 heavy (non-hydrogen) atoms. The Morgan fingerprint density at radius 3 is 2.71 bits per heavy atom. The average Bonchev–Trinajstić information content (AvgIpc) is 2.92. The van der Waals surface area contributed by atoms with Gasteiger partial charge in [0.1, 0.15) is 0 Å². The number of nitrogens with one attached hydrogen (secondary N) is 1. The zero-order valence-corrected chi connectivity index (χ0v) is 14.7. The van der Waals surface area contributed by atoms with E-state index < -0.39 is 0 Å². The summed E-state index contributed by atoms with van der Waals surface area (Å²) < 4.78 is 1.18. The molecule has 0 atom stereocenters. The van der Waals surface area contributed by atoms with E-state index in [4.69, 9.17) is 0 Å². The number of hydrogen-bond donors (Lipinski definition) is 1. The number of hydrogen-bond acceptors (Lipinski definition) is 3. The fourth-order valence-electron chi connectivity index (χ4n) is 2.16. The van der Waals surface area contributed by atoms with Gasteiger partial charge in [-0.05, 0) is 44.9 Å². The Hall–Kier alpha value is -0.810. The lowest BCUT2D eigenvalue weighted by molar-refractivity contribution is 0.741. The second-order valence-electron chi connectivity index (χ2n) is 4.77. The topological polar surface area (TPSA) is 12.0 Å². The van der Waals surface area contributed by atoms with Crippen LogP contribution in [-0.4, -0.2) is 12.3 Å². The SMILES string of the molecule is Brc1csc(CNCCSc2ccc3ccccc3c2)c1. The number of benzene rings is 2. The van der Waals surface area contributed by atoms with Crippen molar-refractivity contribution in [1.82, 2.24) is 5.32 Å². The van der Waals surface area contributed by atoms with Crippen LogP contribution in [0.5, 0.6) is 0 Å². The summed E-state index contributed by atoms with van der Waals surface area (Å²) in [5.41, 5.74) is 0. The van der Waals surface area contributed by atoms with Crippen LogP contribution in [0.1, 0.15) is 4.88 Å². The van der Waals surface area contributed by atoms with Crippen molar-refractivity contribution in [2.75, 3.05) is 12.3 Å². The van der Waals surface area contributed by atoms with Crippen molar-refractivity contribution in [2.24, 2.45) is 0 Å². The summed E-state index contributed by atoms with van der Waals surface area (Å²) in [6.07, 6.45) is 0.